The summed E-state index contributed by atoms with van der Waals surface area (Å²) in [6, 6.07) is 6.21. The van der Waals surface area contributed by atoms with E-state index >= 15 is 0 Å². The van der Waals surface area contributed by atoms with Crippen LogP contribution in [0, 0.1) is 0 Å². The molecule has 0 bridgehead atoms. The molecule has 0 aliphatic carbocycles. The van der Waals surface area contributed by atoms with Crippen LogP contribution in [0.5, 0.6) is 11.6 Å². The van der Waals surface area contributed by atoms with Crippen LogP contribution >= 0.6 is 0 Å². The van der Waals surface area contributed by atoms with Crippen molar-refractivity contribution in [2.45, 2.75) is 32.0 Å². The van der Waals surface area contributed by atoms with Gasteiger partial charge in [0.2, 0.25) is 17.7 Å². The van der Waals surface area contributed by atoms with E-state index in [2.05, 4.69) is 25.9 Å². The van der Waals surface area contributed by atoms with Crippen molar-refractivity contribution in [3.8, 4) is 11.6 Å². The van der Waals surface area contributed by atoms with Gasteiger partial charge in [0.25, 0.3) is 0 Å². The van der Waals surface area contributed by atoms with Gasteiger partial charge in [-0.1, -0.05) is 12.1 Å². The Labute approximate surface area is 159 Å². The van der Waals surface area contributed by atoms with Crippen LogP contribution in [0.2, 0.25) is 0 Å². The third-order valence-electron chi connectivity index (χ3n) is 4.09. The van der Waals surface area contributed by atoms with Crippen LogP contribution in [0.15, 0.2) is 30.5 Å². The molecule has 1 amide bonds. The van der Waals surface area contributed by atoms with Crippen LogP contribution in [-0.4, -0.2) is 35.0 Å². The molecule has 1 aliphatic heterocycles. The first kappa shape index (κ1) is 19.9. The summed E-state index contributed by atoms with van der Waals surface area (Å²) in [6.07, 6.45) is -2.18. The zero-order valence-electron chi connectivity index (χ0n) is 15.1. The van der Waals surface area contributed by atoms with E-state index < -0.39 is 17.6 Å². The van der Waals surface area contributed by atoms with Crippen LogP contribution in [-0.2, 0) is 11.0 Å². The molecule has 0 radical (unpaired) electrons. The Kier molecular flexibility index (Phi) is 5.98. The molecule has 1 aromatic carbocycles. The van der Waals surface area contributed by atoms with Gasteiger partial charge in [-0.2, -0.15) is 18.2 Å². The standard InChI is InChI=1S/C18H20F3N5O2/c1-11(27)24-14-6-2-3-7-15(14)28-16-13(18(19,20)21)10-23-17(26-16)25-12-5-4-8-22-9-12/h2-3,6-7,10,12,22H,4-5,8-9H2,1H3,(H,24,27)(H,23,25,26)/t12-/m0/s1. The molecule has 10 heteroatoms. The smallest absolute Gasteiger partial charge is 0.423 e. The van der Waals surface area contributed by atoms with E-state index in [4.69, 9.17) is 4.74 Å². The van der Waals surface area contributed by atoms with Crippen molar-refractivity contribution in [2.24, 2.45) is 0 Å². The van der Waals surface area contributed by atoms with Crippen LogP contribution in [0.4, 0.5) is 24.8 Å². The quantitative estimate of drug-likeness (QED) is 0.719. The fourth-order valence-electron chi connectivity index (χ4n) is 2.82. The van der Waals surface area contributed by atoms with E-state index in [1.165, 1.54) is 19.1 Å². The third-order valence-corrected chi connectivity index (χ3v) is 4.09. The van der Waals surface area contributed by atoms with Crippen molar-refractivity contribution >= 4 is 17.5 Å². The molecular weight excluding hydrogens is 375 g/mol. The molecule has 0 saturated carbocycles. The number of hydrogen-bond acceptors (Lipinski definition) is 6. The highest BCUT2D eigenvalue weighted by Gasteiger charge is 2.37. The van der Waals surface area contributed by atoms with E-state index in [-0.39, 0.29) is 29.3 Å². The summed E-state index contributed by atoms with van der Waals surface area (Å²) >= 11 is 0. The van der Waals surface area contributed by atoms with Crippen LogP contribution in [0.3, 0.4) is 0 Å². The van der Waals surface area contributed by atoms with Crippen molar-refractivity contribution in [1.29, 1.82) is 0 Å². The number of aromatic nitrogens is 2. The van der Waals surface area contributed by atoms with E-state index in [0.29, 0.717) is 12.7 Å². The Morgan fingerprint density at radius 3 is 2.79 bits per heavy atom. The van der Waals surface area contributed by atoms with Crippen LogP contribution < -0.4 is 20.7 Å². The number of anilines is 2. The predicted octanol–water partition coefficient (Wildman–Crippen LogP) is 3.41. The lowest BCUT2D eigenvalue weighted by Gasteiger charge is -2.24. The first-order valence-electron chi connectivity index (χ1n) is 8.79. The molecule has 150 valence electrons. The summed E-state index contributed by atoms with van der Waals surface area (Å²) in [5, 5.41) is 8.75. The zero-order chi connectivity index (χ0) is 20.1. The molecule has 1 saturated heterocycles. The van der Waals surface area contributed by atoms with Gasteiger partial charge in [-0.3, -0.25) is 4.79 Å². The van der Waals surface area contributed by atoms with E-state index in [1.807, 2.05) is 0 Å². The number of halogens is 3. The summed E-state index contributed by atoms with van der Waals surface area (Å²) in [7, 11) is 0. The number of hydrogen-bond donors (Lipinski definition) is 3. The lowest BCUT2D eigenvalue weighted by atomic mass is 10.1. The van der Waals surface area contributed by atoms with Gasteiger partial charge in [-0.15, -0.1) is 0 Å². The minimum Gasteiger partial charge on any atom is -0.436 e. The molecule has 2 heterocycles. The third kappa shape index (κ3) is 5.10. The van der Waals surface area contributed by atoms with Gasteiger partial charge in [-0.05, 0) is 31.5 Å². The zero-order valence-corrected chi connectivity index (χ0v) is 15.1. The van der Waals surface area contributed by atoms with Gasteiger partial charge in [-0.25, -0.2) is 4.98 Å². The number of para-hydroxylation sites is 2. The molecule has 7 nitrogen and oxygen atoms in total. The normalized spacial score (nSPS) is 17.1. The second kappa shape index (κ2) is 8.42. The summed E-state index contributed by atoms with van der Waals surface area (Å²) < 4.78 is 45.6. The molecule has 1 atom stereocenters. The van der Waals surface area contributed by atoms with Crippen LogP contribution in [0.25, 0.3) is 0 Å². The number of rotatable bonds is 5. The van der Waals surface area contributed by atoms with Crippen molar-refractivity contribution in [3.05, 3.63) is 36.0 Å². The molecule has 3 N–H and O–H groups in total. The number of piperidine rings is 1. The fraction of sp³-hybridized carbons (Fsp3) is 0.389. The average molecular weight is 395 g/mol. The predicted molar refractivity (Wildman–Crippen MR) is 97.4 cm³/mol. The van der Waals surface area contributed by atoms with Crippen molar-refractivity contribution in [2.75, 3.05) is 23.7 Å². The highest BCUT2D eigenvalue weighted by molar-refractivity contribution is 5.90. The molecule has 3 rings (SSSR count). The molecule has 1 fully saturated rings. The lowest BCUT2D eigenvalue weighted by Crippen LogP contribution is -2.38. The van der Waals surface area contributed by atoms with E-state index in [9.17, 15) is 18.0 Å². The number of carbonyl (C=O) groups is 1. The van der Waals surface area contributed by atoms with Crippen molar-refractivity contribution in [3.63, 3.8) is 0 Å². The molecule has 2 aromatic rings. The number of ether oxygens (including phenoxy) is 1. The number of amides is 1. The van der Waals surface area contributed by atoms with E-state index in [0.717, 1.165) is 19.4 Å². The first-order valence-corrected chi connectivity index (χ1v) is 8.79. The largest absolute Gasteiger partial charge is 0.436 e. The first-order chi connectivity index (χ1) is 13.3. The lowest BCUT2D eigenvalue weighted by molar-refractivity contribution is -0.139. The second-order valence-corrected chi connectivity index (χ2v) is 6.38. The summed E-state index contributed by atoms with van der Waals surface area (Å²) in [6.45, 7) is 2.87. The number of alkyl halides is 3. The van der Waals surface area contributed by atoms with Gasteiger partial charge in [0.15, 0.2) is 5.75 Å². The van der Waals surface area contributed by atoms with Crippen molar-refractivity contribution < 1.29 is 22.7 Å². The number of benzene rings is 1. The summed E-state index contributed by atoms with van der Waals surface area (Å²) in [5.41, 5.74) is -0.856. The minimum absolute atomic E-state index is 0.0185. The van der Waals surface area contributed by atoms with Gasteiger partial charge >= 0.3 is 6.18 Å². The maximum atomic E-state index is 13.4. The Morgan fingerprint density at radius 2 is 2.11 bits per heavy atom. The Bertz CT molecular complexity index is 838. The summed E-state index contributed by atoms with van der Waals surface area (Å²) in [5.74, 6) is -0.908. The highest BCUT2D eigenvalue weighted by atomic mass is 19.4. The molecule has 1 aromatic heterocycles. The minimum atomic E-state index is -4.69. The van der Waals surface area contributed by atoms with E-state index in [1.54, 1.807) is 12.1 Å². The van der Waals surface area contributed by atoms with Gasteiger partial charge in [0.1, 0.15) is 5.56 Å². The topological polar surface area (TPSA) is 88.2 Å². The monoisotopic (exact) mass is 395 g/mol. The van der Waals surface area contributed by atoms with Crippen LogP contribution in [0.1, 0.15) is 25.3 Å². The van der Waals surface area contributed by atoms with Gasteiger partial charge < -0.3 is 20.7 Å². The maximum Gasteiger partial charge on any atom is 0.423 e. The maximum absolute atomic E-state index is 13.4. The SMILES string of the molecule is CC(=O)Nc1ccccc1Oc1nc(N[C@H]2CCCNC2)ncc1C(F)(F)F. The summed E-state index contributed by atoms with van der Waals surface area (Å²) in [4.78, 5) is 19.1. The number of carbonyl (C=O) groups excluding carboxylic acids is 1. The average Bonchev–Trinajstić information content (AvgIpc) is 2.63. The molecule has 1 aliphatic rings. The highest BCUT2D eigenvalue weighted by Crippen LogP contribution is 2.38. The second-order valence-electron chi connectivity index (χ2n) is 6.38. The molecule has 28 heavy (non-hydrogen) atoms. The molecule has 0 unspecified atom stereocenters. The van der Waals surface area contributed by atoms with Crippen molar-refractivity contribution in [1.82, 2.24) is 15.3 Å². The Balaban J connectivity index is 1.91. The molecular formula is C18H20F3N5O2. The Morgan fingerprint density at radius 1 is 1.32 bits per heavy atom. The number of nitrogens with zero attached hydrogens (tertiary/aromatic N) is 2. The molecule has 0 spiro atoms. The van der Waals surface area contributed by atoms with Gasteiger partial charge in [0.05, 0.1) is 5.69 Å². The Hall–Kier alpha value is -2.88. The van der Waals surface area contributed by atoms with Gasteiger partial charge in [0, 0.05) is 25.7 Å². The number of nitrogens with one attached hydrogen (secondary N) is 3. The fourth-order valence-corrected chi connectivity index (χ4v) is 2.82.